The van der Waals surface area contributed by atoms with Crippen molar-refractivity contribution in [2.75, 3.05) is 0 Å². The summed E-state index contributed by atoms with van der Waals surface area (Å²) in [5.74, 6) is -6.51. The standard InChI is InChI=1S/C28H45NO9.C25H41NO8/c1-9-21-13(2)10-11-20(31)14(3)12-15(4)26(16(5)23(32)17(6)27(35)37-21)38-28-25(34)24(33)22(18(7)36-28)29-19(8)30;1-8-19-12(2)9-10-18(28)13(3)11-14(4)23(15(5)24(31)33-19)34-25-22(30)21(29)20(16(6)32-25)26-17(7)27/h10-11,13-18,21-22,24-26,28,33-34H,9,12H2,1-8H3,(H,29,30);9-10,12-16,19-23,25,29-30H,8,11H2,1-7H3,(H,26,27)/b11-10+;10-9+/t13-,14-,15+,16?,17-,18?,21-,22+,24?,25-,26+,28+;12-,13-,14+,15-,16?,19-,20+,21?,22-,23+,25+/m11/s1. The molecule has 23 atom stereocenters. The average molecular weight is 1020 g/mol. The molecule has 2 saturated heterocycles. The number of nitrogens with one attached hydrogen (secondary N) is 2. The molecule has 0 aromatic rings. The minimum absolute atomic E-state index is 0.0111. The van der Waals surface area contributed by atoms with E-state index in [0.717, 1.165) is 0 Å². The molecule has 4 heterocycles. The van der Waals surface area contributed by atoms with E-state index in [2.05, 4.69) is 10.6 Å². The molecule has 5 unspecified atom stereocenters. The van der Waals surface area contributed by atoms with Gasteiger partial charge in [-0.1, -0.05) is 74.5 Å². The summed E-state index contributed by atoms with van der Waals surface area (Å²) in [4.78, 5) is 88.0. The molecule has 4 rings (SSSR count). The van der Waals surface area contributed by atoms with Crippen molar-refractivity contribution >= 4 is 41.1 Å². The predicted octanol–water partition coefficient (Wildman–Crippen LogP) is 3.68. The molecule has 0 saturated carbocycles. The summed E-state index contributed by atoms with van der Waals surface area (Å²) in [7, 11) is 0. The van der Waals surface area contributed by atoms with E-state index in [1.807, 2.05) is 48.5 Å². The van der Waals surface area contributed by atoms with E-state index in [1.54, 1.807) is 52.8 Å². The molecule has 4 aliphatic heterocycles. The molecular formula is C53H86N2O17. The largest absolute Gasteiger partial charge is 0.461 e. The van der Waals surface area contributed by atoms with Crippen LogP contribution in [0.25, 0.3) is 0 Å². The van der Waals surface area contributed by atoms with Crippen LogP contribution in [0.1, 0.15) is 130 Å². The van der Waals surface area contributed by atoms with Gasteiger partial charge in [-0.2, -0.15) is 0 Å². The highest BCUT2D eigenvalue weighted by Crippen LogP contribution is 2.34. The average Bonchev–Trinajstić information content (AvgIpc) is 3.32. The minimum Gasteiger partial charge on any atom is -0.461 e. The van der Waals surface area contributed by atoms with Crippen LogP contribution in [-0.2, 0) is 62.0 Å². The van der Waals surface area contributed by atoms with Crippen LogP contribution >= 0.6 is 0 Å². The fourth-order valence-corrected chi connectivity index (χ4v) is 10.1. The van der Waals surface area contributed by atoms with Crippen LogP contribution < -0.4 is 10.6 Å². The Morgan fingerprint density at radius 1 is 0.569 bits per heavy atom. The molecule has 0 spiro atoms. The molecule has 2 amide bonds. The molecule has 410 valence electrons. The van der Waals surface area contributed by atoms with Crippen LogP contribution in [0.15, 0.2) is 24.3 Å². The van der Waals surface area contributed by atoms with Crippen molar-refractivity contribution in [3.8, 4) is 0 Å². The molecule has 0 aromatic heterocycles. The number of Topliss-reactive ketones (excluding diaryl/α,β-unsaturated/α-hetero) is 1. The first kappa shape index (κ1) is 62.3. The van der Waals surface area contributed by atoms with E-state index >= 15 is 0 Å². The van der Waals surface area contributed by atoms with Crippen molar-refractivity contribution in [3.05, 3.63) is 24.3 Å². The lowest BCUT2D eigenvalue weighted by Crippen LogP contribution is -2.63. The van der Waals surface area contributed by atoms with Crippen molar-refractivity contribution in [2.45, 2.75) is 215 Å². The Bertz CT molecular complexity index is 1910. The second kappa shape index (κ2) is 28.1. The van der Waals surface area contributed by atoms with Crippen LogP contribution in [-0.4, -0.2) is 147 Å². The molecule has 0 radical (unpaired) electrons. The van der Waals surface area contributed by atoms with Gasteiger partial charge in [0.15, 0.2) is 29.9 Å². The van der Waals surface area contributed by atoms with Crippen LogP contribution in [0, 0.1) is 53.3 Å². The van der Waals surface area contributed by atoms with Crippen molar-refractivity contribution in [1.29, 1.82) is 0 Å². The molecule has 19 heteroatoms. The van der Waals surface area contributed by atoms with Gasteiger partial charge in [-0.25, -0.2) is 0 Å². The zero-order chi connectivity index (χ0) is 54.6. The van der Waals surface area contributed by atoms with Gasteiger partial charge in [0, 0.05) is 43.4 Å². The fourth-order valence-electron chi connectivity index (χ4n) is 10.1. The third-order valence-electron chi connectivity index (χ3n) is 14.8. The molecule has 19 nitrogen and oxygen atoms in total. The highest BCUT2D eigenvalue weighted by molar-refractivity contribution is 6.00. The number of ketones is 3. The highest BCUT2D eigenvalue weighted by Gasteiger charge is 2.48. The zero-order valence-corrected chi connectivity index (χ0v) is 45.0. The number of esters is 2. The van der Waals surface area contributed by atoms with Gasteiger partial charge in [0.05, 0.1) is 42.4 Å². The normalized spacial score (nSPS) is 42.9. The number of aliphatic hydroxyl groups is 4. The maximum Gasteiger partial charge on any atom is 0.316 e. The number of carbonyl (C=O) groups is 7. The third kappa shape index (κ3) is 16.5. The number of carbonyl (C=O) groups excluding carboxylic acids is 7. The number of ether oxygens (including phenoxy) is 6. The Labute approximate surface area is 425 Å². The minimum atomic E-state index is -1.51. The fraction of sp³-hybridized carbons (Fsp3) is 0.792. The lowest BCUT2D eigenvalue weighted by atomic mass is 9.80. The summed E-state index contributed by atoms with van der Waals surface area (Å²) in [6.07, 6.45) is -3.42. The van der Waals surface area contributed by atoms with Gasteiger partial charge in [-0.3, -0.25) is 33.6 Å². The first-order valence-corrected chi connectivity index (χ1v) is 25.8. The van der Waals surface area contributed by atoms with Gasteiger partial charge in [0.2, 0.25) is 11.8 Å². The summed E-state index contributed by atoms with van der Waals surface area (Å²) < 4.78 is 35.4. The lowest BCUT2D eigenvalue weighted by molar-refractivity contribution is -0.294. The van der Waals surface area contributed by atoms with Crippen LogP contribution in [0.4, 0.5) is 0 Å². The quantitative estimate of drug-likeness (QED) is 0.149. The predicted molar refractivity (Wildman–Crippen MR) is 263 cm³/mol. The summed E-state index contributed by atoms with van der Waals surface area (Å²) in [5, 5.41) is 47.9. The van der Waals surface area contributed by atoms with Crippen LogP contribution in [0.2, 0.25) is 0 Å². The first-order valence-electron chi connectivity index (χ1n) is 25.8. The second-order valence-corrected chi connectivity index (χ2v) is 21.0. The number of hydrogen-bond donors (Lipinski definition) is 6. The molecule has 0 aliphatic carbocycles. The Balaban J connectivity index is 0.000000383. The number of cyclic esters (lactones) is 2. The number of amides is 2. The second-order valence-electron chi connectivity index (χ2n) is 21.0. The summed E-state index contributed by atoms with van der Waals surface area (Å²) in [6, 6.07) is -1.66. The SMILES string of the molecule is CC[C@H]1OC(=O)[C@H](C)C(=O)C(C)[C@@H](O[C@@H]2OC(C)[C@H](NC(C)=O)C(O)[C@H]2O)[C@@H](C)C[C@@H](C)C(=O)/C=C/[C@H]1C.CC[C@H]1OC(=O)[C@H](C)[C@@H](O[C@@H]2OC(C)[C@H](NC(C)=O)C(O)[C@H]2O)[C@@H](C)C[C@@H](C)C(=O)/C=C/[C@H]1C. The van der Waals surface area contributed by atoms with Gasteiger partial charge in [-0.05, 0) is 77.4 Å². The number of rotatable bonds is 8. The monoisotopic (exact) mass is 1020 g/mol. The molecule has 6 N–H and O–H groups in total. The Morgan fingerprint density at radius 2 is 0.931 bits per heavy atom. The van der Waals surface area contributed by atoms with Gasteiger partial charge in [-0.15, -0.1) is 0 Å². The van der Waals surface area contributed by atoms with Crippen molar-refractivity contribution in [1.82, 2.24) is 10.6 Å². The van der Waals surface area contributed by atoms with Crippen LogP contribution in [0.5, 0.6) is 0 Å². The Morgan fingerprint density at radius 3 is 1.29 bits per heavy atom. The molecule has 72 heavy (non-hydrogen) atoms. The van der Waals surface area contributed by atoms with Gasteiger partial charge in [0.25, 0.3) is 0 Å². The van der Waals surface area contributed by atoms with E-state index in [1.165, 1.54) is 26.8 Å². The number of aliphatic hydroxyl groups excluding tert-OH is 4. The van der Waals surface area contributed by atoms with Crippen LogP contribution in [0.3, 0.4) is 0 Å². The van der Waals surface area contributed by atoms with Gasteiger partial charge in [0.1, 0.15) is 42.5 Å². The lowest BCUT2D eigenvalue weighted by Gasteiger charge is -2.44. The smallest absolute Gasteiger partial charge is 0.316 e. The molecule has 0 aromatic carbocycles. The molecular weight excluding hydrogens is 937 g/mol. The van der Waals surface area contributed by atoms with E-state index in [9.17, 15) is 54.0 Å². The summed E-state index contributed by atoms with van der Waals surface area (Å²) in [5.41, 5.74) is 0. The van der Waals surface area contributed by atoms with Gasteiger partial charge >= 0.3 is 11.9 Å². The van der Waals surface area contributed by atoms with E-state index in [0.29, 0.717) is 25.7 Å². The molecule has 4 aliphatic rings. The summed E-state index contributed by atoms with van der Waals surface area (Å²) >= 11 is 0. The Hall–Kier alpha value is -3.95. The highest BCUT2D eigenvalue weighted by atomic mass is 16.7. The van der Waals surface area contributed by atoms with Crippen molar-refractivity contribution in [3.63, 3.8) is 0 Å². The maximum atomic E-state index is 13.5. The number of allylic oxidation sites excluding steroid dienone is 2. The third-order valence-corrected chi connectivity index (χ3v) is 14.8. The van der Waals surface area contributed by atoms with E-state index < -0.39 is 115 Å². The topological polar surface area (TPSA) is 280 Å². The number of hydrogen-bond acceptors (Lipinski definition) is 17. The van der Waals surface area contributed by atoms with E-state index in [4.69, 9.17) is 28.4 Å². The van der Waals surface area contributed by atoms with Gasteiger partial charge < -0.3 is 59.5 Å². The zero-order valence-electron chi connectivity index (χ0n) is 45.0. The Kier molecular flexibility index (Phi) is 24.3. The van der Waals surface area contributed by atoms with Crippen molar-refractivity contribution < 1.29 is 82.4 Å². The van der Waals surface area contributed by atoms with Crippen molar-refractivity contribution in [2.24, 2.45) is 53.3 Å². The first-order chi connectivity index (χ1) is 33.6. The molecule has 2 fully saturated rings. The van der Waals surface area contributed by atoms with E-state index in [-0.39, 0.29) is 65.0 Å². The maximum absolute atomic E-state index is 13.5. The molecule has 0 bridgehead atoms. The summed E-state index contributed by atoms with van der Waals surface area (Å²) in [6.45, 7) is 25.7.